The molecular weight excluding hydrogens is 196 g/mol. The molecule has 0 amide bonds. The average molecular weight is 210 g/mol. The van der Waals surface area contributed by atoms with Crippen molar-refractivity contribution in [1.82, 2.24) is 10.3 Å². The van der Waals surface area contributed by atoms with Gasteiger partial charge in [-0.2, -0.15) is 0 Å². The van der Waals surface area contributed by atoms with Crippen LogP contribution in [0, 0.1) is 12.3 Å². The fraction of sp³-hybridized carbons (Fsp3) is 0.214. The highest BCUT2D eigenvalue weighted by atomic mass is 14.9. The predicted molar refractivity (Wildman–Crippen MR) is 67.0 cm³/mol. The topological polar surface area (TPSA) is 24.9 Å². The number of nitrogens with one attached hydrogen (secondary N) is 1. The van der Waals surface area contributed by atoms with Gasteiger partial charge in [-0.05, 0) is 19.2 Å². The summed E-state index contributed by atoms with van der Waals surface area (Å²) in [6.45, 7) is 0. The minimum atomic E-state index is 0.134. The van der Waals surface area contributed by atoms with E-state index in [1.807, 2.05) is 31.3 Å². The second-order valence-electron chi connectivity index (χ2n) is 3.68. The zero-order valence-electron chi connectivity index (χ0n) is 9.27. The number of terminal acetylenes is 1. The Balaban J connectivity index is 2.42. The lowest BCUT2D eigenvalue weighted by molar-refractivity contribution is 0.596. The van der Waals surface area contributed by atoms with Crippen molar-refractivity contribution in [2.45, 2.75) is 12.5 Å². The van der Waals surface area contributed by atoms with Crippen molar-refractivity contribution in [3.8, 4) is 12.3 Å². The monoisotopic (exact) mass is 210 g/mol. The molecule has 0 aliphatic carbocycles. The Kier molecular flexibility index (Phi) is 3.19. The van der Waals surface area contributed by atoms with Gasteiger partial charge in [-0.3, -0.25) is 4.98 Å². The van der Waals surface area contributed by atoms with Crippen LogP contribution in [0.25, 0.3) is 10.9 Å². The fourth-order valence-electron chi connectivity index (χ4n) is 1.75. The standard InChI is InChI=1S/C14H14N2/c1-3-6-13(15-2)14-10-9-11-7-4-5-8-12(11)16-14/h1,4-5,7-10,13,15H,6H2,2H3. The van der Waals surface area contributed by atoms with Crippen LogP contribution in [0.1, 0.15) is 18.2 Å². The number of nitrogens with zero attached hydrogens (tertiary/aromatic N) is 1. The average Bonchev–Trinajstić information content (AvgIpc) is 2.35. The van der Waals surface area contributed by atoms with E-state index in [2.05, 4.69) is 28.4 Å². The maximum atomic E-state index is 5.34. The molecule has 2 heteroatoms. The van der Waals surface area contributed by atoms with Crippen LogP contribution in [0.3, 0.4) is 0 Å². The van der Waals surface area contributed by atoms with Gasteiger partial charge in [0, 0.05) is 11.8 Å². The van der Waals surface area contributed by atoms with Gasteiger partial charge < -0.3 is 5.32 Å². The van der Waals surface area contributed by atoms with E-state index in [9.17, 15) is 0 Å². The van der Waals surface area contributed by atoms with E-state index in [1.54, 1.807) is 0 Å². The predicted octanol–water partition coefficient (Wildman–Crippen LogP) is 2.52. The third kappa shape index (κ3) is 2.05. The van der Waals surface area contributed by atoms with Crippen molar-refractivity contribution in [3.05, 3.63) is 42.1 Å². The number of aromatic nitrogens is 1. The molecule has 1 aromatic heterocycles. The smallest absolute Gasteiger partial charge is 0.0706 e. The normalized spacial score (nSPS) is 12.2. The number of para-hydroxylation sites is 1. The first-order chi connectivity index (χ1) is 7.85. The molecule has 0 aliphatic rings. The van der Waals surface area contributed by atoms with Crippen LogP contribution in [0.2, 0.25) is 0 Å². The third-order valence-electron chi connectivity index (χ3n) is 2.65. The van der Waals surface area contributed by atoms with Crippen LogP contribution in [-0.4, -0.2) is 12.0 Å². The molecule has 1 aromatic carbocycles. The van der Waals surface area contributed by atoms with Crippen LogP contribution in [-0.2, 0) is 0 Å². The summed E-state index contributed by atoms with van der Waals surface area (Å²) in [6, 6.07) is 12.3. The lowest BCUT2D eigenvalue weighted by Crippen LogP contribution is -2.16. The highest BCUT2D eigenvalue weighted by molar-refractivity contribution is 5.78. The maximum absolute atomic E-state index is 5.34. The first-order valence-electron chi connectivity index (χ1n) is 5.31. The number of hydrogen-bond acceptors (Lipinski definition) is 2. The van der Waals surface area contributed by atoms with Crippen LogP contribution < -0.4 is 5.32 Å². The number of benzene rings is 1. The summed E-state index contributed by atoms with van der Waals surface area (Å²) in [5, 5.41) is 4.33. The van der Waals surface area contributed by atoms with Gasteiger partial charge >= 0.3 is 0 Å². The highest BCUT2D eigenvalue weighted by Gasteiger charge is 2.09. The Morgan fingerprint density at radius 2 is 2.12 bits per heavy atom. The van der Waals surface area contributed by atoms with Crippen LogP contribution in [0.15, 0.2) is 36.4 Å². The number of fused-ring (bicyclic) bond motifs is 1. The molecule has 1 unspecified atom stereocenters. The lowest BCUT2D eigenvalue weighted by Gasteiger charge is -2.13. The number of hydrogen-bond donors (Lipinski definition) is 1. The third-order valence-corrected chi connectivity index (χ3v) is 2.65. The molecule has 0 saturated heterocycles. The Hall–Kier alpha value is -1.85. The molecule has 0 fully saturated rings. The van der Waals surface area contributed by atoms with Crippen molar-refractivity contribution in [3.63, 3.8) is 0 Å². The molecule has 1 N–H and O–H groups in total. The fourth-order valence-corrected chi connectivity index (χ4v) is 1.75. The second-order valence-corrected chi connectivity index (χ2v) is 3.68. The van der Waals surface area contributed by atoms with E-state index in [1.165, 1.54) is 0 Å². The second kappa shape index (κ2) is 4.78. The van der Waals surface area contributed by atoms with E-state index in [4.69, 9.17) is 6.42 Å². The molecule has 0 spiro atoms. The minimum Gasteiger partial charge on any atom is -0.311 e. The molecular formula is C14H14N2. The molecule has 1 heterocycles. The van der Waals surface area contributed by atoms with E-state index in [-0.39, 0.29) is 6.04 Å². The SMILES string of the molecule is C#CCC(NC)c1ccc2ccccc2n1. The van der Waals surface area contributed by atoms with Crippen molar-refractivity contribution in [1.29, 1.82) is 0 Å². The van der Waals surface area contributed by atoms with Gasteiger partial charge in [0.2, 0.25) is 0 Å². The Morgan fingerprint density at radius 1 is 1.31 bits per heavy atom. The van der Waals surface area contributed by atoms with Crippen LogP contribution in [0.5, 0.6) is 0 Å². The first-order valence-corrected chi connectivity index (χ1v) is 5.31. The molecule has 0 saturated carbocycles. The molecule has 2 rings (SSSR count). The summed E-state index contributed by atoms with van der Waals surface area (Å²) in [5.41, 5.74) is 2.01. The van der Waals surface area contributed by atoms with Gasteiger partial charge in [-0.25, -0.2) is 0 Å². The number of rotatable bonds is 3. The molecule has 2 nitrogen and oxygen atoms in total. The van der Waals surface area contributed by atoms with Crippen molar-refractivity contribution < 1.29 is 0 Å². The Morgan fingerprint density at radius 3 is 2.88 bits per heavy atom. The van der Waals surface area contributed by atoms with E-state index in [0.29, 0.717) is 6.42 Å². The Bertz CT molecular complexity index is 525. The van der Waals surface area contributed by atoms with E-state index < -0.39 is 0 Å². The first kappa shape index (κ1) is 10.7. The summed E-state index contributed by atoms with van der Waals surface area (Å²) >= 11 is 0. The summed E-state index contributed by atoms with van der Waals surface area (Å²) in [5.74, 6) is 2.66. The Labute approximate surface area is 95.7 Å². The molecule has 1 atom stereocenters. The van der Waals surface area contributed by atoms with Crippen molar-refractivity contribution in [2.24, 2.45) is 0 Å². The van der Waals surface area contributed by atoms with Gasteiger partial charge in [0.25, 0.3) is 0 Å². The number of pyridine rings is 1. The zero-order chi connectivity index (χ0) is 11.4. The van der Waals surface area contributed by atoms with Crippen LogP contribution in [0.4, 0.5) is 0 Å². The molecule has 2 aromatic rings. The lowest BCUT2D eigenvalue weighted by atomic mass is 10.1. The van der Waals surface area contributed by atoms with E-state index >= 15 is 0 Å². The summed E-state index contributed by atoms with van der Waals surface area (Å²) in [4.78, 5) is 4.61. The van der Waals surface area contributed by atoms with Gasteiger partial charge in [0.05, 0.1) is 17.3 Å². The molecule has 16 heavy (non-hydrogen) atoms. The zero-order valence-corrected chi connectivity index (χ0v) is 9.27. The van der Waals surface area contributed by atoms with Gasteiger partial charge in [-0.15, -0.1) is 12.3 Å². The van der Waals surface area contributed by atoms with Crippen molar-refractivity contribution in [2.75, 3.05) is 7.05 Å². The van der Waals surface area contributed by atoms with Gasteiger partial charge in [0.15, 0.2) is 0 Å². The molecule has 0 aliphatic heterocycles. The van der Waals surface area contributed by atoms with Crippen LogP contribution >= 0.6 is 0 Å². The highest BCUT2D eigenvalue weighted by Crippen LogP contribution is 2.18. The summed E-state index contributed by atoms with van der Waals surface area (Å²) in [7, 11) is 1.90. The quantitative estimate of drug-likeness (QED) is 0.787. The van der Waals surface area contributed by atoms with Gasteiger partial charge in [0.1, 0.15) is 0 Å². The summed E-state index contributed by atoms with van der Waals surface area (Å²) < 4.78 is 0. The maximum Gasteiger partial charge on any atom is 0.0706 e. The molecule has 0 radical (unpaired) electrons. The summed E-state index contributed by atoms with van der Waals surface area (Å²) in [6.07, 6.45) is 5.99. The minimum absolute atomic E-state index is 0.134. The largest absolute Gasteiger partial charge is 0.311 e. The van der Waals surface area contributed by atoms with Crippen molar-refractivity contribution >= 4 is 10.9 Å². The molecule has 80 valence electrons. The molecule has 0 bridgehead atoms. The van der Waals surface area contributed by atoms with E-state index in [0.717, 1.165) is 16.6 Å². The van der Waals surface area contributed by atoms with Gasteiger partial charge in [-0.1, -0.05) is 24.3 Å².